The number of rotatable bonds is 5. The fraction of sp³-hybridized carbons (Fsp3) is 0.632. The summed E-state index contributed by atoms with van der Waals surface area (Å²) in [6.45, 7) is 4.86. The first-order valence-electron chi connectivity index (χ1n) is 9.37. The first-order valence-corrected chi connectivity index (χ1v) is 9.37. The highest BCUT2D eigenvalue weighted by molar-refractivity contribution is 6.45. The molecule has 0 bridgehead atoms. The minimum absolute atomic E-state index is 0.367. The first kappa shape index (κ1) is 17.3. The van der Waals surface area contributed by atoms with Gasteiger partial charge in [0.15, 0.2) is 0 Å². The lowest BCUT2D eigenvalue weighted by Gasteiger charge is -2.41. The molecule has 3 rings (SSSR count). The third-order valence-electron chi connectivity index (χ3n) is 5.72. The molecule has 24 heavy (non-hydrogen) atoms. The molecule has 1 saturated carbocycles. The average molecular weight is 325 g/mol. The molecule has 1 aliphatic carbocycles. The lowest BCUT2D eigenvalue weighted by atomic mass is 9.79. The molecule has 1 N–H and O–H groups in total. The highest BCUT2D eigenvalue weighted by Crippen LogP contribution is 2.29. The van der Waals surface area contributed by atoms with Crippen molar-refractivity contribution >= 4 is 12.7 Å². The van der Waals surface area contributed by atoms with E-state index in [4.69, 9.17) is 0 Å². The third kappa shape index (κ3) is 3.93. The van der Waals surface area contributed by atoms with Gasteiger partial charge >= 0.3 is 7.05 Å². The molecular formula is C19H28BN3O. The smallest absolute Gasteiger partial charge is 0.376 e. The molecule has 2 fully saturated rings. The zero-order valence-electron chi connectivity index (χ0n) is 14.7. The summed E-state index contributed by atoms with van der Waals surface area (Å²) in [7, 11) is -0.367. The largest absolute Gasteiger partial charge is 0.437 e. The first-order chi connectivity index (χ1) is 11.7. The predicted molar refractivity (Wildman–Crippen MR) is 98.9 cm³/mol. The maximum atomic E-state index is 10.3. The number of para-hydroxylation sites is 1. The van der Waals surface area contributed by atoms with Gasteiger partial charge in [-0.1, -0.05) is 25.0 Å². The quantitative estimate of drug-likeness (QED) is 0.845. The van der Waals surface area contributed by atoms with Crippen molar-refractivity contribution in [1.82, 2.24) is 4.81 Å². The van der Waals surface area contributed by atoms with Crippen molar-refractivity contribution in [3.63, 3.8) is 0 Å². The molecule has 0 radical (unpaired) electrons. The Morgan fingerprint density at radius 3 is 2.50 bits per heavy atom. The monoisotopic (exact) mass is 325 g/mol. The Morgan fingerprint density at radius 2 is 1.88 bits per heavy atom. The Bertz CT molecular complexity index is 572. The predicted octanol–water partition coefficient (Wildman–Crippen LogP) is 3.13. The molecule has 4 nitrogen and oxygen atoms in total. The standard InChI is InChI=1S/C19H28BN3O/c1-20(24)23(15-16-6-2-3-7-16)18-10-12-22(13-11-18)19-9-5-4-8-17(19)14-21/h4-5,8-9,16,18,24H,2-3,6-7,10-13,15H2,1H3. The highest BCUT2D eigenvalue weighted by atomic mass is 16.2. The summed E-state index contributed by atoms with van der Waals surface area (Å²) < 4.78 is 0. The van der Waals surface area contributed by atoms with Crippen LogP contribution in [0.4, 0.5) is 5.69 Å². The second kappa shape index (κ2) is 8.05. The SMILES string of the molecule is CB(O)N(CC1CCCC1)C1CCN(c2ccccc2C#N)CC1. The van der Waals surface area contributed by atoms with Crippen LogP contribution < -0.4 is 4.90 Å². The molecule has 1 aromatic rings. The maximum Gasteiger partial charge on any atom is 0.376 e. The van der Waals surface area contributed by atoms with Gasteiger partial charge in [-0.3, -0.25) is 0 Å². The van der Waals surface area contributed by atoms with Crippen molar-refractivity contribution in [2.24, 2.45) is 5.92 Å². The molecule has 1 aromatic carbocycles. The minimum atomic E-state index is -0.367. The molecule has 1 saturated heterocycles. The van der Waals surface area contributed by atoms with E-state index in [1.165, 1.54) is 25.7 Å². The van der Waals surface area contributed by atoms with Gasteiger partial charge in [0.1, 0.15) is 6.07 Å². The van der Waals surface area contributed by atoms with E-state index < -0.39 is 0 Å². The molecule has 0 unspecified atom stereocenters. The van der Waals surface area contributed by atoms with Gasteiger partial charge in [0.05, 0.1) is 11.3 Å². The van der Waals surface area contributed by atoms with Crippen LogP contribution >= 0.6 is 0 Å². The number of benzene rings is 1. The fourth-order valence-electron chi connectivity index (χ4n) is 4.38. The van der Waals surface area contributed by atoms with E-state index in [9.17, 15) is 10.3 Å². The molecule has 0 amide bonds. The summed E-state index contributed by atoms with van der Waals surface area (Å²) >= 11 is 0. The number of piperidine rings is 1. The van der Waals surface area contributed by atoms with E-state index in [0.29, 0.717) is 6.04 Å². The van der Waals surface area contributed by atoms with Crippen LogP contribution in [0.3, 0.4) is 0 Å². The topological polar surface area (TPSA) is 50.5 Å². The van der Waals surface area contributed by atoms with Gasteiger partial charge in [0.2, 0.25) is 0 Å². The summed E-state index contributed by atoms with van der Waals surface area (Å²) in [6.07, 6.45) is 7.44. The van der Waals surface area contributed by atoms with Gasteiger partial charge in [0.25, 0.3) is 0 Å². The van der Waals surface area contributed by atoms with Crippen molar-refractivity contribution in [1.29, 1.82) is 5.26 Å². The normalized spacial score (nSPS) is 19.7. The Kier molecular flexibility index (Phi) is 5.81. The number of nitrogens with zero attached hydrogens (tertiary/aromatic N) is 3. The van der Waals surface area contributed by atoms with Gasteiger partial charge in [0, 0.05) is 19.1 Å². The van der Waals surface area contributed by atoms with Crippen LogP contribution in [0, 0.1) is 17.2 Å². The molecule has 128 valence electrons. The van der Waals surface area contributed by atoms with Crippen LogP contribution in [0.25, 0.3) is 0 Å². The van der Waals surface area contributed by atoms with Crippen LogP contribution in [0.5, 0.6) is 0 Å². The molecule has 0 aromatic heterocycles. The van der Waals surface area contributed by atoms with Gasteiger partial charge in [-0.05, 0) is 57.1 Å². The van der Waals surface area contributed by atoms with Crippen molar-refractivity contribution < 1.29 is 5.02 Å². The van der Waals surface area contributed by atoms with E-state index in [1.54, 1.807) is 0 Å². The lowest BCUT2D eigenvalue weighted by Crippen LogP contribution is -2.51. The molecule has 0 atom stereocenters. The van der Waals surface area contributed by atoms with E-state index in [0.717, 1.165) is 49.6 Å². The number of anilines is 1. The zero-order valence-corrected chi connectivity index (χ0v) is 14.7. The summed E-state index contributed by atoms with van der Waals surface area (Å²) in [5, 5.41) is 19.6. The van der Waals surface area contributed by atoms with E-state index >= 15 is 0 Å². The second-order valence-corrected chi connectivity index (χ2v) is 7.33. The van der Waals surface area contributed by atoms with E-state index in [2.05, 4.69) is 15.8 Å². The Hall–Kier alpha value is -1.51. The number of hydrogen-bond donors (Lipinski definition) is 1. The summed E-state index contributed by atoms with van der Waals surface area (Å²) in [4.78, 5) is 4.65. The summed E-state index contributed by atoms with van der Waals surface area (Å²) in [5.74, 6) is 0.761. The maximum absolute atomic E-state index is 10.3. The van der Waals surface area contributed by atoms with E-state index in [1.807, 2.05) is 31.1 Å². The number of nitriles is 1. The van der Waals surface area contributed by atoms with Crippen LogP contribution in [0.2, 0.25) is 6.82 Å². The molecule has 2 aliphatic rings. The van der Waals surface area contributed by atoms with Gasteiger partial charge in [-0.15, -0.1) is 0 Å². The van der Waals surface area contributed by atoms with Crippen LogP contribution in [-0.2, 0) is 0 Å². The molecule has 1 heterocycles. The van der Waals surface area contributed by atoms with Crippen LogP contribution in [0.1, 0.15) is 44.1 Å². The molecule has 5 heteroatoms. The third-order valence-corrected chi connectivity index (χ3v) is 5.72. The lowest BCUT2D eigenvalue weighted by molar-refractivity contribution is 0.217. The minimum Gasteiger partial charge on any atom is -0.437 e. The van der Waals surface area contributed by atoms with Gasteiger partial charge in [-0.2, -0.15) is 5.26 Å². The average Bonchev–Trinajstić information content (AvgIpc) is 3.13. The van der Waals surface area contributed by atoms with Crippen molar-refractivity contribution in [3.8, 4) is 6.07 Å². The van der Waals surface area contributed by atoms with Gasteiger partial charge in [-0.25, -0.2) is 0 Å². The van der Waals surface area contributed by atoms with Crippen molar-refractivity contribution in [2.45, 2.75) is 51.4 Å². The Balaban J connectivity index is 1.61. The Labute approximate surface area is 146 Å². The molecule has 0 spiro atoms. The van der Waals surface area contributed by atoms with Crippen molar-refractivity contribution in [2.75, 3.05) is 24.5 Å². The zero-order chi connectivity index (χ0) is 16.9. The molecular weight excluding hydrogens is 297 g/mol. The van der Waals surface area contributed by atoms with Crippen LogP contribution in [-0.4, -0.2) is 42.6 Å². The summed E-state index contributed by atoms with van der Waals surface area (Å²) in [6, 6.07) is 10.6. The Morgan fingerprint density at radius 1 is 1.21 bits per heavy atom. The summed E-state index contributed by atoms with van der Waals surface area (Å²) in [5.41, 5.74) is 1.81. The highest BCUT2D eigenvalue weighted by Gasteiger charge is 2.31. The number of hydrogen-bond acceptors (Lipinski definition) is 4. The fourth-order valence-corrected chi connectivity index (χ4v) is 4.38. The molecule has 1 aliphatic heterocycles. The van der Waals surface area contributed by atoms with E-state index in [-0.39, 0.29) is 7.05 Å². The van der Waals surface area contributed by atoms with Crippen LogP contribution in [0.15, 0.2) is 24.3 Å². The van der Waals surface area contributed by atoms with Crippen molar-refractivity contribution in [3.05, 3.63) is 29.8 Å². The second-order valence-electron chi connectivity index (χ2n) is 7.33. The van der Waals surface area contributed by atoms with Gasteiger partial charge < -0.3 is 14.7 Å².